The second-order valence-electron chi connectivity index (χ2n) is 2.70. The minimum atomic E-state index is -0.813. The van der Waals surface area contributed by atoms with Crippen LogP contribution in [0.3, 0.4) is 0 Å². The molecule has 0 aromatic carbocycles. The van der Waals surface area contributed by atoms with Crippen LogP contribution in [0.5, 0.6) is 0 Å². The van der Waals surface area contributed by atoms with E-state index in [1.807, 2.05) is 6.92 Å². The highest BCUT2D eigenvalue weighted by Gasteiger charge is 2.20. The summed E-state index contributed by atoms with van der Waals surface area (Å²) in [6.07, 6.45) is 3.93. The van der Waals surface area contributed by atoms with E-state index >= 15 is 0 Å². The number of nitrogens with zero attached hydrogens (tertiary/aromatic N) is 2. The largest absolute Gasteiger partial charge is 0.481 e. The number of imidazole rings is 1. The van der Waals surface area contributed by atoms with E-state index in [0.717, 1.165) is 0 Å². The molecule has 0 spiro atoms. The molecule has 0 aliphatic rings. The van der Waals surface area contributed by atoms with Crippen molar-refractivity contribution in [1.29, 1.82) is 0 Å². The fraction of sp³-hybridized carbons (Fsp3) is 0.500. The van der Waals surface area contributed by atoms with Gasteiger partial charge >= 0.3 is 5.97 Å². The van der Waals surface area contributed by atoms with Gasteiger partial charge in [0.25, 0.3) is 0 Å². The average molecular weight is 249 g/mol. The summed E-state index contributed by atoms with van der Waals surface area (Å²) in [6, 6.07) is 0. The molecule has 13 heavy (non-hydrogen) atoms. The Kier molecular flexibility index (Phi) is 4.69. The number of aliphatic carboxylic acids is 1. The number of aromatic nitrogens is 2. The highest BCUT2D eigenvalue weighted by Crippen LogP contribution is 2.16. The van der Waals surface area contributed by atoms with Gasteiger partial charge < -0.3 is 9.67 Å². The molecule has 1 rings (SSSR count). The van der Waals surface area contributed by atoms with Crippen LogP contribution in [0.1, 0.15) is 25.1 Å². The molecule has 0 aliphatic carbocycles. The Balaban J connectivity index is 0.00000144. The lowest BCUT2D eigenvalue weighted by atomic mass is 10.1. The molecule has 4 nitrogen and oxygen atoms in total. The van der Waals surface area contributed by atoms with E-state index in [1.165, 1.54) is 0 Å². The molecule has 5 heteroatoms. The highest BCUT2D eigenvalue weighted by atomic mass is 79.9. The number of carboxylic acids is 1. The van der Waals surface area contributed by atoms with Crippen molar-refractivity contribution in [2.45, 2.75) is 19.3 Å². The van der Waals surface area contributed by atoms with Gasteiger partial charge in [-0.3, -0.25) is 4.79 Å². The highest BCUT2D eigenvalue weighted by molar-refractivity contribution is 8.93. The van der Waals surface area contributed by atoms with Crippen molar-refractivity contribution < 1.29 is 9.90 Å². The summed E-state index contributed by atoms with van der Waals surface area (Å²) in [5.74, 6) is -0.679. The van der Waals surface area contributed by atoms with Crippen LogP contribution >= 0.6 is 17.0 Å². The third kappa shape index (κ3) is 2.55. The van der Waals surface area contributed by atoms with Gasteiger partial charge in [-0.15, -0.1) is 17.0 Å². The van der Waals surface area contributed by atoms with Crippen LogP contribution in [0, 0.1) is 0 Å². The first kappa shape index (κ1) is 12.2. The van der Waals surface area contributed by atoms with E-state index in [4.69, 9.17) is 5.11 Å². The molecule has 0 saturated carbocycles. The molecular weight excluding hydrogens is 236 g/mol. The maximum Gasteiger partial charge on any atom is 0.314 e. The Morgan fingerprint density at radius 2 is 2.38 bits per heavy atom. The van der Waals surface area contributed by atoms with Crippen molar-refractivity contribution in [3.8, 4) is 0 Å². The summed E-state index contributed by atoms with van der Waals surface area (Å²) in [6.45, 7) is 1.84. The zero-order valence-electron chi connectivity index (χ0n) is 7.60. The predicted octanol–water partition coefficient (Wildman–Crippen LogP) is 1.58. The molecule has 1 atom stereocenters. The Bertz CT molecular complexity index is 285. The van der Waals surface area contributed by atoms with E-state index in [9.17, 15) is 4.79 Å². The minimum Gasteiger partial charge on any atom is -0.481 e. The first-order valence-electron chi connectivity index (χ1n) is 3.86. The quantitative estimate of drug-likeness (QED) is 0.884. The Morgan fingerprint density at radius 3 is 2.69 bits per heavy atom. The molecule has 1 heterocycles. The summed E-state index contributed by atoms with van der Waals surface area (Å²) < 4.78 is 1.74. The van der Waals surface area contributed by atoms with Crippen LogP contribution in [-0.2, 0) is 11.8 Å². The van der Waals surface area contributed by atoms with Crippen molar-refractivity contribution in [1.82, 2.24) is 9.55 Å². The molecular formula is C8H13BrN2O2. The molecule has 1 N–H and O–H groups in total. The third-order valence-electron chi connectivity index (χ3n) is 1.88. The number of hydrogen-bond acceptors (Lipinski definition) is 2. The monoisotopic (exact) mass is 248 g/mol. The molecule has 0 fully saturated rings. The zero-order chi connectivity index (χ0) is 9.14. The van der Waals surface area contributed by atoms with Crippen LogP contribution in [0.2, 0.25) is 0 Å². The van der Waals surface area contributed by atoms with Gasteiger partial charge in [-0.1, -0.05) is 6.92 Å². The van der Waals surface area contributed by atoms with Gasteiger partial charge in [0.15, 0.2) is 0 Å². The fourth-order valence-electron chi connectivity index (χ4n) is 1.18. The molecule has 74 valence electrons. The lowest BCUT2D eigenvalue weighted by Crippen LogP contribution is -2.14. The van der Waals surface area contributed by atoms with Crippen LogP contribution in [-0.4, -0.2) is 20.6 Å². The lowest BCUT2D eigenvalue weighted by molar-refractivity contribution is -0.139. The van der Waals surface area contributed by atoms with Crippen molar-refractivity contribution in [3.63, 3.8) is 0 Å². The molecule has 0 bridgehead atoms. The van der Waals surface area contributed by atoms with E-state index in [2.05, 4.69) is 4.98 Å². The minimum absolute atomic E-state index is 0. The average Bonchev–Trinajstić information content (AvgIpc) is 2.38. The van der Waals surface area contributed by atoms with Gasteiger partial charge in [-0.2, -0.15) is 0 Å². The van der Waals surface area contributed by atoms with Gasteiger partial charge in [-0.25, -0.2) is 4.98 Å². The van der Waals surface area contributed by atoms with Gasteiger partial charge in [0.05, 0.1) is 0 Å². The lowest BCUT2D eigenvalue weighted by Gasteiger charge is -2.08. The first-order chi connectivity index (χ1) is 5.66. The standard InChI is InChI=1S/C8H12N2O2.BrH/c1-3-6(8(11)12)7-9-4-5-10(7)2;/h4-6H,3H2,1-2H3,(H,11,12);1H. The molecule has 1 aromatic rings. The van der Waals surface area contributed by atoms with E-state index < -0.39 is 11.9 Å². The Labute approximate surface area is 87.4 Å². The summed E-state index contributed by atoms with van der Waals surface area (Å²) in [7, 11) is 1.80. The number of carbonyl (C=O) groups is 1. The van der Waals surface area contributed by atoms with Gasteiger partial charge in [0.1, 0.15) is 11.7 Å². The van der Waals surface area contributed by atoms with Crippen LogP contribution in [0.4, 0.5) is 0 Å². The topological polar surface area (TPSA) is 55.1 Å². The van der Waals surface area contributed by atoms with Crippen molar-refractivity contribution in [2.75, 3.05) is 0 Å². The van der Waals surface area contributed by atoms with Gasteiger partial charge in [0.2, 0.25) is 0 Å². The molecule has 1 aromatic heterocycles. The van der Waals surface area contributed by atoms with Crippen LogP contribution in [0.25, 0.3) is 0 Å². The molecule has 0 saturated heterocycles. The maximum absolute atomic E-state index is 10.7. The third-order valence-corrected chi connectivity index (χ3v) is 1.88. The SMILES string of the molecule is Br.CCC(C(=O)O)c1nccn1C. The maximum atomic E-state index is 10.7. The summed E-state index contributed by atoms with van der Waals surface area (Å²) in [5, 5.41) is 8.82. The van der Waals surface area contributed by atoms with E-state index in [-0.39, 0.29) is 17.0 Å². The number of hydrogen-bond donors (Lipinski definition) is 1. The number of carboxylic acid groups (broad SMARTS) is 1. The molecule has 0 amide bonds. The van der Waals surface area contributed by atoms with Crippen LogP contribution < -0.4 is 0 Å². The van der Waals surface area contributed by atoms with E-state index in [0.29, 0.717) is 12.2 Å². The smallest absolute Gasteiger partial charge is 0.314 e. The number of rotatable bonds is 3. The zero-order valence-corrected chi connectivity index (χ0v) is 9.31. The second-order valence-corrected chi connectivity index (χ2v) is 2.70. The molecule has 0 radical (unpaired) electrons. The molecule has 1 unspecified atom stereocenters. The summed E-state index contributed by atoms with van der Waals surface area (Å²) in [4.78, 5) is 14.7. The van der Waals surface area contributed by atoms with Gasteiger partial charge in [-0.05, 0) is 6.42 Å². The number of halogens is 1. The predicted molar refractivity (Wildman–Crippen MR) is 54.2 cm³/mol. The number of aryl methyl sites for hydroxylation is 1. The van der Waals surface area contributed by atoms with Gasteiger partial charge in [0, 0.05) is 19.4 Å². The van der Waals surface area contributed by atoms with Crippen molar-refractivity contribution >= 4 is 23.0 Å². The second kappa shape index (κ2) is 5.01. The summed E-state index contributed by atoms with van der Waals surface area (Å²) in [5.41, 5.74) is 0. The fourth-order valence-corrected chi connectivity index (χ4v) is 1.18. The van der Waals surface area contributed by atoms with E-state index in [1.54, 1.807) is 24.0 Å². The Morgan fingerprint density at radius 1 is 1.77 bits per heavy atom. The van der Waals surface area contributed by atoms with Crippen LogP contribution in [0.15, 0.2) is 12.4 Å². The first-order valence-corrected chi connectivity index (χ1v) is 3.86. The molecule has 0 aliphatic heterocycles. The Hall–Kier alpha value is -0.840. The normalized spacial score (nSPS) is 11.8. The van der Waals surface area contributed by atoms with Crippen molar-refractivity contribution in [3.05, 3.63) is 18.2 Å². The summed E-state index contributed by atoms with van der Waals surface area (Å²) >= 11 is 0. The van der Waals surface area contributed by atoms with Crippen molar-refractivity contribution in [2.24, 2.45) is 7.05 Å².